The van der Waals surface area contributed by atoms with Gasteiger partial charge in [-0.15, -0.1) is 0 Å². The average molecular weight is 276 g/mol. The molecule has 1 aromatic rings. The zero-order chi connectivity index (χ0) is 14.2. The molecule has 1 unspecified atom stereocenters. The number of aromatic nitrogens is 3. The molecule has 1 saturated heterocycles. The van der Waals surface area contributed by atoms with Gasteiger partial charge in [0.1, 0.15) is 11.3 Å². The van der Waals surface area contributed by atoms with Crippen LogP contribution in [0.15, 0.2) is 17.8 Å². The third kappa shape index (κ3) is 2.60. The second kappa shape index (κ2) is 5.01. The molecule has 1 aromatic heterocycles. The molecule has 3 rings (SSSR count). The fourth-order valence-corrected chi connectivity index (χ4v) is 2.80. The van der Waals surface area contributed by atoms with Gasteiger partial charge in [0.25, 0.3) is 0 Å². The number of rotatable bonds is 3. The number of hydrogen-bond donors (Lipinski definition) is 2. The van der Waals surface area contributed by atoms with Gasteiger partial charge in [0.2, 0.25) is 5.91 Å². The van der Waals surface area contributed by atoms with Crippen molar-refractivity contribution in [3.05, 3.63) is 23.5 Å². The number of nitrogens with zero attached hydrogens (tertiary/aromatic N) is 3. The summed E-state index contributed by atoms with van der Waals surface area (Å²) in [7, 11) is 0. The fourth-order valence-electron chi connectivity index (χ4n) is 2.80. The first-order chi connectivity index (χ1) is 9.58. The molecule has 2 N–H and O–H groups in total. The van der Waals surface area contributed by atoms with Gasteiger partial charge in [-0.05, 0) is 38.5 Å². The lowest BCUT2D eigenvalue weighted by atomic mass is 9.90. The van der Waals surface area contributed by atoms with E-state index in [9.17, 15) is 9.90 Å². The van der Waals surface area contributed by atoms with Crippen molar-refractivity contribution in [3.8, 4) is 0 Å². The Morgan fingerprint density at radius 3 is 3.05 bits per heavy atom. The Morgan fingerprint density at radius 1 is 1.60 bits per heavy atom. The van der Waals surface area contributed by atoms with E-state index in [1.807, 2.05) is 6.92 Å². The molecule has 1 atom stereocenters. The zero-order valence-corrected chi connectivity index (χ0v) is 11.7. The maximum absolute atomic E-state index is 12.3. The highest BCUT2D eigenvalue weighted by atomic mass is 16.3. The third-order valence-corrected chi connectivity index (χ3v) is 4.25. The van der Waals surface area contributed by atoms with E-state index in [-0.39, 0.29) is 12.5 Å². The lowest BCUT2D eigenvalue weighted by Crippen LogP contribution is -2.48. The van der Waals surface area contributed by atoms with Crippen LogP contribution in [0.2, 0.25) is 0 Å². The number of amides is 1. The van der Waals surface area contributed by atoms with Gasteiger partial charge in [0.05, 0.1) is 12.7 Å². The molecule has 0 radical (unpaired) electrons. The average Bonchev–Trinajstić information content (AvgIpc) is 3.13. The monoisotopic (exact) mass is 276 g/mol. The minimum Gasteiger partial charge on any atom is -0.382 e. The van der Waals surface area contributed by atoms with Gasteiger partial charge in [-0.3, -0.25) is 4.79 Å². The summed E-state index contributed by atoms with van der Waals surface area (Å²) in [5.74, 6) is 0.592. The fraction of sp³-hybridized carbons (Fsp3) is 0.643. The second-order valence-corrected chi connectivity index (χ2v) is 5.91. The van der Waals surface area contributed by atoms with E-state index in [1.54, 1.807) is 11.0 Å². The molecule has 6 heteroatoms. The largest absolute Gasteiger partial charge is 0.382 e. The minimum absolute atomic E-state index is 0.00369. The van der Waals surface area contributed by atoms with Crippen LogP contribution < -0.4 is 0 Å². The van der Waals surface area contributed by atoms with E-state index in [0.29, 0.717) is 24.6 Å². The van der Waals surface area contributed by atoms with Crippen LogP contribution in [-0.4, -0.2) is 44.4 Å². The van der Waals surface area contributed by atoms with Gasteiger partial charge in [-0.2, -0.15) is 15.4 Å². The summed E-state index contributed by atoms with van der Waals surface area (Å²) in [6.07, 6.45) is 7.02. The number of carbonyl (C=O) groups excluding carboxylic acids is 1. The highest BCUT2D eigenvalue weighted by Gasteiger charge is 2.38. The van der Waals surface area contributed by atoms with Gasteiger partial charge < -0.3 is 10.0 Å². The molecule has 2 heterocycles. The Balaban J connectivity index is 1.71. The number of carbonyl (C=O) groups is 1. The number of β-amino-alcohol motifs (C(OH)–C–C–N with tert-alkyl or cyclic N) is 1. The molecule has 0 aromatic carbocycles. The quantitative estimate of drug-likeness (QED) is 0.806. The summed E-state index contributed by atoms with van der Waals surface area (Å²) < 4.78 is 0. The topological polar surface area (TPSA) is 82.1 Å². The van der Waals surface area contributed by atoms with Crippen LogP contribution in [0.1, 0.15) is 38.3 Å². The highest BCUT2D eigenvalue weighted by molar-refractivity contribution is 5.88. The van der Waals surface area contributed by atoms with Gasteiger partial charge >= 0.3 is 0 Å². The molecule has 2 fully saturated rings. The molecule has 20 heavy (non-hydrogen) atoms. The molecule has 1 aliphatic carbocycles. The molecule has 0 spiro atoms. The SMILES string of the molecule is C/C(=C\C(=O)N1CCCC(O)(c2cn[nH]n2)C1)C1CC1. The third-order valence-electron chi connectivity index (χ3n) is 4.25. The van der Waals surface area contributed by atoms with Crippen LogP contribution in [-0.2, 0) is 10.4 Å². The van der Waals surface area contributed by atoms with Crippen LogP contribution in [0.3, 0.4) is 0 Å². The van der Waals surface area contributed by atoms with Crippen molar-refractivity contribution in [1.82, 2.24) is 20.3 Å². The highest BCUT2D eigenvalue weighted by Crippen LogP contribution is 2.36. The number of allylic oxidation sites excluding steroid dienone is 1. The summed E-state index contributed by atoms with van der Waals surface area (Å²) in [5, 5.41) is 20.9. The second-order valence-electron chi connectivity index (χ2n) is 5.91. The molecular formula is C14H20N4O2. The summed E-state index contributed by atoms with van der Waals surface area (Å²) in [4.78, 5) is 14.0. The van der Waals surface area contributed by atoms with E-state index in [2.05, 4.69) is 15.4 Å². The minimum atomic E-state index is -1.08. The predicted molar refractivity (Wildman–Crippen MR) is 72.6 cm³/mol. The van der Waals surface area contributed by atoms with Gasteiger partial charge in [0.15, 0.2) is 0 Å². The van der Waals surface area contributed by atoms with E-state index in [4.69, 9.17) is 0 Å². The number of aliphatic hydroxyl groups is 1. The molecule has 1 aliphatic heterocycles. The van der Waals surface area contributed by atoms with Crippen molar-refractivity contribution in [2.24, 2.45) is 5.92 Å². The van der Waals surface area contributed by atoms with Gasteiger partial charge in [-0.1, -0.05) is 5.57 Å². The van der Waals surface area contributed by atoms with E-state index >= 15 is 0 Å². The Labute approximate surface area is 117 Å². The van der Waals surface area contributed by atoms with E-state index in [0.717, 1.165) is 12.0 Å². The lowest BCUT2D eigenvalue weighted by Gasteiger charge is -2.37. The van der Waals surface area contributed by atoms with Crippen molar-refractivity contribution in [2.75, 3.05) is 13.1 Å². The molecule has 1 saturated carbocycles. The molecule has 108 valence electrons. The maximum atomic E-state index is 12.3. The Kier molecular flexibility index (Phi) is 3.33. The van der Waals surface area contributed by atoms with Crippen molar-refractivity contribution in [2.45, 2.75) is 38.2 Å². The van der Waals surface area contributed by atoms with Crippen molar-refractivity contribution < 1.29 is 9.90 Å². The Morgan fingerprint density at radius 2 is 2.40 bits per heavy atom. The molecule has 1 amide bonds. The first-order valence-electron chi connectivity index (χ1n) is 7.14. The lowest BCUT2D eigenvalue weighted by molar-refractivity contribution is -0.133. The van der Waals surface area contributed by atoms with Crippen LogP contribution in [0, 0.1) is 5.92 Å². The van der Waals surface area contributed by atoms with Crippen molar-refractivity contribution >= 4 is 5.91 Å². The molecule has 6 nitrogen and oxygen atoms in total. The Hall–Kier alpha value is -1.69. The van der Waals surface area contributed by atoms with E-state index < -0.39 is 5.60 Å². The summed E-state index contributed by atoms with van der Waals surface area (Å²) in [6.45, 7) is 2.99. The zero-order valence-electron chi connectivity index (χ0n) is 11.7. The van der Waals surface area contributed by atoms with Crippen molar-refractivity contribution in [1.29, 1.82) is 0 Å². The van der Waals surface area contributed by atoms with Crippen LogP contribution >= 0.6 is 0 Å². The van der Waals surface area contributed by atoms with E-state index in [1.165, 1.54) is 19.0 Å². The normalized spacial score (nSPS) is 27.7. The molecular weight excluding hydrogens is 256 g/mol. The summed E-state index contributed by atoms with van der Waals surface area (Å²) in [6, 6.07) is 0. The van der Waals surface area contributed by atoms with Crippen molar-refractivity contribution in [3.63, 3.8) is 0 Å². The van der Waals surface area contributed by atoms with Crippen LogP contribution in [0.4, 0.5) is 0 Å². The number of piperidine rings is 1. The van der Waals surface area contributed by atoms with Gasteiger partial charge in [-0.25, -0.2) is 0 Å². The predicted octanol–water partition coefficient (Wildman–Crippen LogP) is 0.971. The standard InChI is InChI=1S/C14H20N4O2/c1-10(11-3-4-11)7-13(19)18-6-2-5-14(20,9-18)12-8-15-17-16-12/h7-8,11,20H,2-6,9H2,1H3,(H,15,16,17)/b10-7+. The number of hydrogen-bond acceptors (Lipinski definition) is 4. The number of nitrogens with one attached hydrogen (secondary N) is 1. The first kappa shape index (κ1) is 13.3. The number of likely N-dealkylation sites (tertiary alicyclic amines) is 1. The maximum Gasteiger partial charge on any atom is 0.246 e. The smallest absolute Gasteiger partial charge is 0.246 e. The first-order valence-corrected chi connectivity index (χ1v) is 7.14. The molecule has 2 aliphatic rings. The molecule has 0 bridgehead atoms. The Bertz CT molecular complexity index is 521. The van der Waals surface area contributed by atoms with Crippen LogP contribution in [0.25, 0.3) is 0 Å². The summed E-state index contributed by atoms with van der Waals surface area (Å²) in [5.41, 5.74) is 0.589. The number of aromatic amines is 1. The summed E-state index contributed by atoms with van der Waals surface area (Å²) >= 11 is 0. The number of H-pyrrole nitrogens is 1. The van der Waals surface area contributed by atoms with Gasteiger partial charge in [0, 0.05) is 12.6 Å². The van der Waals surface area contributed by atoms with Crippen LogP contribution in [0.5, 0.6) is 0 Å².